The average Bonchev–Trinajstić information content (AvgIpc) is 2.99. The van der Waals surface area contributed by atoms with E-state index in [1.807, 2.05) is 18.2 Å². The van der Waals surface area contributed by atoms with Gasteiger partial charge in [0.1, 0.15) is 0 Å². The highest BCUT2D eigenvalue weighted by molar-refractivity contribution is 5.88. The van der Waals surface area contributed by atoms with Crippen LogP contribution >= 0.6 is 0 Å². The van der Waals surface area contributed by atoms with Crippen molar-refractivity contribution in [3.05, 3.63) is 29.8 Å². The predicted molar refractivity (Wildman–Crippen MR) is 63.4 cm³/mol. The molecular formula is C13H17NO2. The maximum absolute atomic E-state index is 10.9. The zero-order valence-electron chi connectivity index (χ0n) is 9.69. The van der Waals surface area contributed by atoms with Crippen molar-refractivity contribution in [1.29, 1.82) is 0 Å². The van der Waals surface area contributed by atoms with Gasteiger partial charge in [-0.3, -0.25) is 4.79 Å². The van der Waals surface area contributed by atoms with Gasteiger partial charge in [-0.25, -0.2) is 0 Å². The molecule has 86 valence electrons. The Bertz CT molecular complexity index is 385. The summed E-state index contributed by atoms with van der Waals surface area (Å²) in [6, 6.07) is 7.99. The number of benzene rings is 1. The predicted octanol–water partition coefficient (Wildman–Crippen LogP) is 2.22. The molecule has 1 aliphatic heterocycles. The lowest BCUT2D eigenvalue weighted by Gasteiger charge is -2.09. The molecular weight excluding hydrogens is 202 g/mol. The van der Waals surface area contributed by atoms with E-state index in [0.29, 0.717) is 12.0 Å². The van der Waals surface area contributed by atoms with Crippen molar-refractivity contribution in [2.45, 2.75) is 26.4 Å². The van der Waals surface area contributed by atoms with Gasteiger partial charge in [-0.05, 0) is 30.0 Å². The largest absolute Gasteiger partial charge is 0.373 e. The number of nitrogens with one attached hydrogen (secondary N) is 1. The first-order chi connectivity index (χ1) is 7.65. The SMILES string of the molecule is CC(=O)Nc1cccc(CC(C)C2CO2)c1. The van der Waals surface area contributed by atoms with Gasteiger partial charge in [0.15, 0.2) is 0 Å². The molecule has 16 heavy (non-hydrogen) atoms. The van der Waals surface area contributed by atoms with E-state index in [1.54, 1.807) is 0 Å². The Morgan fingerprint density at radius 2 is 2.38 bits per heavy atom. The van der Waals surface area contributed by atoms with Crippen LogP contribution in [-0.4, -0.2) is 18.6 Å². The van der Waals surface area contributed by atoms with Crippen LogP contribution < -0.4 is 5.32 Å². The summed E-state index contributed by atoms with van der Waals surface area (Å²) in [7, 11) is 0. The zero-order chi connectivity index (χ0) is 11.5. The quantitative estimate of drug-likeness (QED) is 0.789. The third kappa shape index (κ3) is 3.07. The molecule has 1 N–H and O–H groups in total. The Morgan fingerprint density at radius 1 is 1.62 bits per heavy atom. The summed E-state index contributed by atoms with van der Waals surface area (Å²) in [6.45, 7) is 4.61. The number of epoxide rings is 1. The molecule has 1 aromatic carbocycles. The van der Waals surface area contributed by atoms with Crippen LogP contribution in [0, 0.1) is 5.92 Å². The Labute approximate surface area is 95.8 Å². The van der Waals surface area contributed by atoms with Crippen molar-refractivity contribution < 1.29 is 9.53 Å². The highest BCUT2D eigenvalue weighted by Gasteiger charge is 2.29. The first-order valence-electron chi connectivity index (χ1n) is 5.63. The lowest BCUT2D eigenvalue weighted by Crippen LogP contribution is -2.09. The van der Waals surface area contributed by atoms with E-state index >= 15 is 0 Å². The standard InChI is InChI=1S/C13H17NO2/c1-9(13-8-16-13)6-11-4-3-5-12(7-11)14-10(2)15/h3-5,7,9,13H,6,8H2,1-2H3,(H,14,15). The monoisotopic (exact) mass is 219 g/mol. The molecule has 2 atom stereocenters. The highest BCUT2D eigenvalue weighted by Crippen LogP contribution is 2.24. The van der Waals surface area contributed by atoms with Crippen molar-refractivity contribution in [2.24, 2.45) is 5.92 Å². The molecule has 0 radical (unpaired) electrons. The number of ether oxygens (including phenoxy) is 1. The third-order valence-corrected chi connectivity index (χ3v) is 2.80. The summed E-state index contributed by atoms with van der Waals surface area (Å²) in [6.07, 6.45) is 1.43. The molecule has 1 aromatic rings. The molecule has 0 spiro atoms. The molecule has 1 saturated heterocycles. The third-order valence-electron chi connectivity index (χ3n) is 2.80. The van der Waals surface area contributed by atoms with Crippen molar-refractivity contribution >= 4 is 11.6 Å². The summed E-state index contributed by atoms with van der Waals surface area (Å²) < 4.78 is 5.27. The van der Waals surface area contributed by atoms with Crippen LogP contribution in [0.2, 0.25) is 0 Å². The Balaban J connectivity index is 2.00. The van der Waals surface area contributed by atoms with Crippen molar-refractivity contribution in [3.8, 4) is 0 Å². The molecule has 0 aliphatic carbocycles. The van der Waals surface area contributed by atoms with Gasteiger partial charge in [0, 0.05) is 12.6 Å². The van der Waals surface area contributed by atoms with Gasteiger partial charge in [-0.15, -0.1) is 0 Å². The van der Waals surface area contributed by atoms with Crippen LogP contribution in [0.3, 0.4) is 0 Å². The van der Waals surface area contributed by atoms with Gasteiger partial charge in [-0.2, -0.15) is 0 Å². The van der Waals surface area contributed by atoms with Crippen LogP contribution in [0.5, 0.6) is 0 Å². The van der Waals surface area contributed by atoms with Gasteiger partial charge in [0.05, 0.1) is 12.7 Å². The number of amides is 1. The zero-order valence-corrected chi connectivity index (χ0v) is 9.69. The summed E-state index contributed by atoms with van der Waals surface area (Å²) in [5, 5.41) is 2.79. The molecule has 1 amide bonds. The molecule has 0 bridgehead atoms. The number of rotatable bonds is 4. The minimum Gasteiger partial charge on any atom is -0.373 e. The maximum atomic E-state index is 10.9. The minimum absolute atomic E-state index is 0.0317. The van der Waals surface area contributed by atoms with Gasteiger partial charge in [0.25, 0.3) is 0 Å². The van der Waals surface area contributed by atoms with Crippen LogP contribution in [0.15, 0.2) is 24.3 Å². The van der Waals surface area contributed by atoms with Gasteiger partial charge in [0.2, 0.25) is 5.91 Å². The molecule has 1 fully saturated rings. The van der Waals surface area contributed by atoms with Crippen LogP contribution in [0.25, 0.3) is 0 Å². The number of carbonyl (C=O) groups is 1. The Morgan fingerprint density at radius 3 is 3.00 bits per heavy atom. The smallest absolute Gasteiger partial charge is 0.221 e. The second kappa shape index (κ2) is 4.66. The maximum Gasteiger partial charge on any atom is 0.221 e. The number of hydrogen-bond acceptors (Lipinski definition) is 2. The second-order valence-electron chi connectivity index (χ2n) is 4.43. The van der Waals surface area contributed by atoms with E-state index in [2.05, 4.69) is 18.3 Å². The molecule has 1 heterocycles. The summed E-state index contributed by atoms with van der Waals surface area (Å²) in [4.78, 5) is 10.9. The van der Waals surface area contributed by atoms with Gasteiger partial charge < -0.3 is 10.1 Å². The van der Waals surface area contributed by atoms with E-state index in [1.165, 1.54) is 12.5 Å². The molecule has 1 aliphatic rings. The average molecular weight is 219 g/mol. The second-order valence-corrected chi connectivity index (χ2v) is 4.43. The summed E-state index contributed by atoms with van der Waals surface area (Å²) in [5.74, 6) is 0.517. The van der Waals surface area contributed by atoms with Crippen molar-refractivity contribution in [1.82, 2.24) is 0 Å². The first-order valence-corrected chi connectivity index (χ1v) is 5.63. The van der Waals surface area contributed by atoms with Crippen LogP contribution in [-0.2, 0) is 16.0 Å². The topological polar surface area (TPSA) is 41.6 Å². The van der Waals surface area contributed by atoms with E-state index in [4.69, 9.17) is 4.74 Å². The normalized spacial score (nSPS) is 20.2. The molecule has 2 rings (SSSR count). The van der Waals surface area contributed by atoms with Gasteiger partial charge in [-0.1, -0.05) is 19.1 Å². The van der Waals surface area contributed by atoms with Gasteiger partial charge >= 0.3 is 0 Å². The fourth-order valence-corrected chi connectivity index (χ4v) is 1.87. The van der Waals surface area contributed by atoms with Crippen molar-refractivity contribution in [3.63, 3.8) is 0 Å². The lowest BCUT2D eigenvalue weighted by molar-refractivity contribution is -0.114. The summed E-state index contributed by atoms with van der Waals surface area (Å²) >= 11 is 0. The summed E-state index contributed by atoms with van der Waals surface area (Å²) in [5.41, 5.74) is 2.11. The van der Waals surface area contributed by atoms with E-state index < -0.39 is 0 Å². The molecule has 0 aromatic heterocycles. The number of hydrogen-bond donors (Lipinski definition) is 1. The highest BCUT2D eigenvalue weighted by atomic mass is 16.6. The van der Waals surface area contributed by atoms with E-state index in [-0.39, 0.29) is 5.91 Å². The fraction of sp³-hybridized carbons (Fsp3) is 0.462. The number of anilines is 1. The van der Waals surface area contributed by atoms with Crippen LogP contribution in [0.4, 0.5) is 5.69 Å². The molecule has 2 unspecified atom stereocenters. The van der Waals surface area contributed by atoms with E-state index in [9.17, 15) is 4.79 Å². The minimum atomic E-state index is -0.0317. The van der Waals surface area contributed by atoms with Crippen molar-refractivity contribution in [2.75, 3.05) is 11.9 Å². The van der Waals surface area contributed by atoms with E-state index in [0.717, 1.165) is 18.7 Å². The molecule has 3 heteroatoms. The molecule has 3 nitrogen and oxygen atoms in total. The van der Waals surface area contributed by atoms with Crippen LogP contribution in [0.1, 0.15) is 19.4 Å². The fourth-order valence-electron chi connectivity index (χ4n) is 1.87. The first kappa shape index (κ1) is 11.1. The lowest BCUT2D eigenvalue weighted by atomic mass is 9.98. The Hall–Kier alpha value is -1.35. The number of carbonyl (C=O) groups excluding carboxylic acids is 1. The molecule has 0 saturated carbocycles. The Kier molecular flexibility index (Phi) is 3.25.